The van der Waals surface area contributed by atoms with Crippen molar-refractivity contribution >= 4 is 11.5 Å². The van der Waals surface area contributed by atoms with E-state index < -0.39 is 18.4 Å². The molecule has 0 aliphatic carbocycles. The van der Waals surface area contributed by atoms with Crippen molar-refractivity contribution in [2.75, 3.05) is 37.2 Å². The Kier molecular flexibility index (Phi) is 4.49. The largest absolute Gasteiger partial charge is 0.394 e. The molecule has 162 valence electrons. The number of rotatable bonds is 6. The second-order valence-corrected chi connectivity index (χ2v) is 8.21. The van der Waals surface area contributed by atoms with Crippen molar-refractivity contribution in [3.8, 4) is 11.5 Å². The quantitative estimate of drug-likeness (QED) is 0.551. The van der Waals surface area contributed by atoms with Gasteiger partial charge in [0.25, 0.3) is 5.89 Å². The molecule has 3 aromatic rings. The van der Waals surface area contributed by atoms with Gasteiger partial charge in [0.1, 0.15) is 11.6 Å². The Balaban J connectivity index is 1.49. The first-order valence-electron chi connectivity index (χ1n) is 11.3. The maximum absolute atomic E-state index is 13.4. The standard InChI is InChI=1S/C22H25FN6O2/c23-15-3-1-14(2-4-15)18(13-30)26-17-11-19(24)25-12-16(17)20-27-21(28-31-20)22-5-8-29(9-6-22)10-7-22/h1-4,11-12,18,30H,5-10,13H2,(H3,24,25,26)/t18-/m1/s1/i13D2. The summed E-state index contributed by atoms with van der Waals surface area (Å²) in [6.45, 7) is 0.392. The summed E-state index contributed by atoms with van der Waals surface area (Å²) in [5.41, 5.74) is 6.95. The highest BCUT2D eigenvalue weighted by atomic mass is 19.1. The number of nitrogens with two attached hydrogens (primary N) is 1. The second-order valence-electron chi connectivity index (χ2n) is 8.21. The number of hydrogen-bond acceptors (Lipinski definition) is 8. The SMILES string of the molecule is [2H]C([2H])(O)[C@@H](Nc1cc(N)ncc1-c1nc(C23CCN(CC2)CC3)no1)c1ccc(F)cc1. The number of nitrogens with zero attached hydrogens (tertiary/aromatic N) is 4. The number of nitrogen functional groups attached to an aromatic ring is 1. The van der Waals surface area contributed by atoms with E-state index in [0.717, 1.165) is 38.9 Å². The molecule has 3 saturated heterocycles. The van der Waals surface area contributed by atoms with E-state index in [0.29, 0.717) is 22.6 Å². The highest BCUT2D eigenvalue weighted by molar-refractivity contribution is 5.74. The maximum Gasteiger partial charge on any atom is 0.261 e. The Bertz CT molecular complexity index is 1130. The fraction of sp³-hybridized carbons (Fsp3) is 0.409. The lowest BCUT2D eigenvalue weighted by Gasteiger charge is -2.46. The molecule has 0 saturated carbocycles. The number of aromatic nitrogens is 3. The van der Waals surface area contributed by atoms with Crippen LogP contribution in [0, 0.1) is 5.82 Å². The number of fused-ring (bicyclic) bond motifs is 3. The van der Waals surface area contributed by atoms with Gasteiger partial charge in [-0.05, 0) is 56.6 Å². The van der Waals surface area contributed by atoms with E-state index in [1.807, 2.05) is 0 Å². The monoisotopic (exact) mass is 426 g/mol. The van der Waals surface area contributed by atoms with Gasteiger partial charge in [0, 0.05) is 17.7 Å². The van der Waals surface area contributed by atoms with Gasteiger partial charge >= 0.3 is 0 Å². The smallest absolute Gasteiger partial charge is 0.261 e. The lowest BCUT2D eigenvalue weighted by Crippen LogP contribution is -2.51. The number of anilines is 2. The third-order valence-electron chi connectivity index (χ3n) is 6.41. The molecule has 5 heterocycles. The highest BCUT2D eigenvalue weighted by Crippen LogP contribution is 2.42. The van der Waals surface area contributed by atoms with Gasteiger partial charge in [0.2, 0.25) is 0 Å². The average molecular weight is 426 g/mol. The summed E-state index contributed by atoms with van der Waals surface area (Å²) in [7, 11) is 0. The lowest BCUT2D eigenvalue weighted by atomic mass is 9.71. The van der Waals surface area contributed by atoms with E-state index in [-0.39, 0.29) is 17.1 Å². The zero-order chi connectivity index (χ0) is 23.2. The number of nitrogens with one attached hydrogen (secondary N) is 1. The molecular weight excluding hydrogens is 399 g/mol. The maximum atomic E-state index is 13.4. The van der Waals surface area contributed by atoms with Crippen LogP contribution in [0.25, 0.3) is 11.5 Å². The van der Waals surface area contributed by atoms with Gasteiger partial charge in [-0.15, -0.1) is 0 Å². The molecular formula is C22H25FN6O2. The highest BCUT2D eigenvalue weighted by Gasteiger charge is 2.44. The Morgan fingerprint density at radius 3 is 2.65 bits per heavy atom. The lowest BCUT2D eigenvalue weighted by molar-refractivity contribution is 0.0747. The summed E-state index contributed by atoms with van der Waals surface area (Å²) >= 11 is 0. The second kappa shape index (κ2) is 7.90. The molecule has 6 rings (SSSR count). The number of halogens is 1. The first-order chi connectivity index (χ1) is 15.7. The van der Waals surface area contributed by atoms with E-state index in [1.165, 1.54) is 36.5 Å². The van der Waals surface area contributed by atoms with Gasteiger partial charge < -0.3 is 25.6 Å². The minimum atomic E-state index is -2.66. The van der Waals surface area contributed by atoms with Gasteiger partial charge in [-0.3, -0.25) is 0 Å². The van der Waals surface area contributed by atoms with Gasteiger partial charge in [-0.25, -0.2) is 9.37 Å². The molecule has 1 atom stereocenters. The molecule has 2 bridgehead atoms. The molecule has 0 amide bonds. The summed E-state index contributed by atoms with van der Waals surface area (Å²) in [4.78, 5) is 11.3. The van der Waals surface area contributed by atoms with Crippen LogP contribution in [0.4, 0.5) is 15.9 Å². The van der Waals surface area contributed by atoms with Crippen molar-refractivity contribution in [3.63, 3.8) is 0 Å². The summed E-state index contributed by atoms with van der Waals surface area (Å²) in [5.74, 6) is 0.637. The molecule has 0 spiro atoms. The van der Waals surface area contributed by atoms with Gasteiger partial charge in [-0.2, -0.15) is 4.98 Å². The molecule has 3 aliphatic heterocycles. The van der Waals surface area contributed by atoms with Crippen LogP contribution in [0.5, 0.6) is 0 Å². The Labute approximate surface area is 182 Å². The van der Waals surface area contributed by atoms with Crippen LogP contribution in [-0.4, -0.2) is 51.3 Å². The molecule has 9 heteroatoms. The average Bonchev–Trinajstić information content (AvgIpc) is 3.30. The normalized spacial score (nSPS) is 25.0. The number of piperidine rings is 3. The van der Waals surface area contributed by atoms with E-state index in [2.05, 4.69) is 20.4 Å². The van der Waals surface area contributed by atoms with Crippen molar-refractivity contribution in [3.05, 3.63) is 53.7 Å². The number of benzene rings is 1. The Morgan fingerprint density at radius 1 is 1.26 bits per heavy atom. The molecule has 0 unspecified atom stereocenters. The van der Waals surface area contributed by atoms with E-state index in [9.17, 15) is 9.50 Å². The van der Waals surface area contributed by atoms with Crippen molar-refractivity contribution in [1.29, 1.82) is 0 Å². The summed E-state index contributed by atoms with van der Waals surface area (Å²) in [6.07, 6.45) is 4.42. The molecule has 31 heavy (non-hydrogen) atoms. The van der Waals surface area contributed by atoms with Gasteiger partial charge in [-0.1, -0.05) is 17.3 Å². The third kappa shape index (κ3) is 3.75. The van der Waals surface area contributed by atoms with Crippen LogP contribution in [-0.2, 0) is 5.41 Å². The van der Waals surface area contributed by atoms with Crippen LogP contribution < -0.4 is 11.1 Å². The van der Waals surface area contributed by atoms with Gasteiger partial charge in [0.15, 0.2) is 5.82 Å². The number of hydrogen-bond donors (Lipinski definition) is 3. The molecule has 8 nitrogen and oxygen atoms in total. The zero-order valence-electron chi connectivity index (χ0n) is 18.9. The van der Waals surface area contributed by atoms with Crippen molar-refractivity contribution in [2.45, 2.75) is 30.7 Å². The summed E-state index contributed by atoms with van der Waals surface area (Å²) in [5, 5.41) is 17.5. The predicted molar refractivity (Wildman–Crippen MR) is 114 cm³/mol. The van der Waals surface area contributed by atoms with Crippen molar-refractivity contribution < 1.29 is 16.8 Å². The number of pyridine rings is 1. The summed E-state index contributed by atoms with van der Waals surface area (Å²) in [6, 6.07) is 5.52. The third-order valence-corrected chi connectivity index (χ3v) is 6.41. The van der Waals surface area contributed by atoms with Crippen molar-refractivity contribution in [2.24, 2.45) is 0 Å². The molecule has 4 N–H and O–H groups in total. The van der Waals surface area contributed by atoms with Gasteiger partial charge in [0.05, 0.1) is 26.6 Å². The van der Waals surface area contributed by atoms with Crippen LogP contribution in [0.15, 0.2) is 41.1 Å². The first-order valence-corrected chi connectivity index (χ1v) is 10.3. The van der Waals surface area contributed by atoms with E-state index in [4.69, 9.17) is 18.0 Å². The Hall–Kier alpha value is -3.04. The molecule has 1 aromatic carbocycles. The van der Waals surface area contributed by atoms with Crippen LogP contribution in [0.1, 0.15) is 39.4 Å². The molecule has 3 fully saturated rings. The molecule has 0 radical (unpaired) electrons. The fourth-order valence-corrected chi connectivity index (χ4v) is 4.47. The fourth-order valence-electron chi connectivity index (χ4n) is 4.47. The van der Waals surface area contributed by atoms with Crippen LogP contribution >= 0.6 is 0 Å². The minimum Gasteiger partial charge on any atom is -0.394 e. The van der Waals surface area contributed by atoms with E-state index >= 15 is 0 Å². The molecule has 3 aliphatic rings. The molecule has 2 aromatic heterocycles. The van der Waals surface area contributed by atoms with E-state index in [1.54, 1.807) is 0 Å². The summed E-state index contributed by atoms with van der Waals surface area (Å²) < 4.78 is 34.8. The minimum absolute atomic E-state index is 0.0927. The Morgan fingerprint density at radius 2 is 1.97 bits per heavy atom. The topological polar surface area (TPSA) is 113 Å². The van der Waals surface area contributed by atoms with Crippen LogP contribution in [0.3, 0.4) is 0 Å². The van der Waals surface area contributed by atoms with Crippen molar-refractivity contribution in [1.82, 2.24) is 20.0 Å². The van der Waals surface area contributed by atoms with Crippen LogP contribution in [0.2, 0.25) is 0 Å². The zero-order valence-corrected chi connectivity index (χ0v) is 16.9. The first kappa shape index (κ1) is 17.6. The predicted octanol–water partition coefficient (Wildman–Crippen LogP) is 2.74. The number of aliphatic hydroxyl groups is 1.